The van der Waals surface area contributed by atoms with Crippen LogP contribution in [0.4, 0.5) is 9.59 Å². The Labute approximate surface area is 592 Å². The Bertz CT molecular complexity index is 2870. The second-order valence-electron chi connectivity index (χ2n) is 35.0. The van der Waals surface area contributed by atoms with Gasteiger partial charge in [-0.3, -0.25) is 44.2 Å². The van der Waals surface area contributed by atoms with Crippen molar-refractivity contribution in [1.29, 1.82) is 0 Å². The highest BCUT2D eigenvalue weighted by atomic mass is 35.5. The molecule has 8 aliphatic heterocycles. The van der Waals surface area contributed by atoms with Gasteiger partial charge in [-0.05, 0) is 225 Å². The zero-order valence-electron chi connectivity index (χ0n) is 65.0. The van der Waals surface area contributed by atoms with Crippen LogP contribution in [-0.2, 0) is 0 Å². The zero-order chi connectivity index (χ0) is 71.3. The van der Waals surface area contributed by atoms with E-state index >= 15 is 0 Å². The molecular formula is C74H135ClN12O2Si6. The number of nitrogens with zero attached hydrogens (tertiary/aromatic N) is 12. The highest BCUT2D eigenvalue weighted by Gasteiger charge is 2.42. The van der Waals surface area contributed by atoms with Crippen LogP contribution in [0.5, 0.6) is 0 Å². The molecule has 8 aliphatic rings. The van der Waals surface area contributed by atoms with Crippen molar-refractivity contribution in [2.45, 2.75) is 229 Å². The Hall–Kier alpha value is -3.53. The van der Waals surface area contributed by atoms with Gasteiger partial charge >= 0.3 is 11.4 Å². The van der Waals surface area contributed by atoms with E-state index in [-0.39, 0.29) is 6.03 Å². The summed E-state index contributed by atoms with van der Waals surface area (Å²) < 4.78 is 5.09. The molecule has 10 rings (SSSR count). The fourth-order valence-corrected chi connectivity index (χ4v) is 24.3. The van der Waals surface area contributed by atoms with Crippen LogP contribution in [-0.4, -0.2) is 233 Å². The number of hydrogen-bond acceptors (Lipinski definition) is 11. The molecule has 14 nitrogen and oxygen atoms in total. The Morgan fingerprint density at radius 2 is 0.800 bits per heavy atom. The van der Waals surface area contributed by atoms with Crippen LogP contribution in [0, 0.1) is 0 Å². The second-order valence-corrected chi connectivity index (χ2v) is 66.2. The maximum absolute atomic E-state index is 12.2. The van der Waals surface area contributed by atoms with Crippen molar-refractivity contribution < 1.29 is 9.59 Å². The number of urea groups is 1. The predicted molar refractivity (Wildman–Crippen MR) is 427 cm³/mol. The second kappa shape index (κ2) is 35.2. The number of likely N-dealkylation sites (N-methyl/N-ethyl adjacent to an activating group) is 3. The summed E-state index contributed by atoms with van der Waals surface area (Å²) in [5.41, 5.74) is 9.63. The van der Waals surface area contributed by atoms with E-state index < -0.39 is 54.1 Å². The van der Waals surface area contributed by atoms with Gasteiger partial charge in [0.15, 0.2) is 16.5 Å². The normalized spacial score (nSPS) is 25.6. The van der Waals surface area contributed by atoms with Gasteiger partial charge in [-0.1, -0.05) is 147 Å². The molecule has 0 spiro atoms. The van der Waals surface area contributed by atoms with Crippen molar-refractivity contribution in [2.24, 2.45) is 0 Å². The summed E-state index contributed by atoms with van der Waals surface area (Å²) in [5.74, 6) is 0. The minimum atomic E-state index is -1.34. The smallest absolute Gasteiger partial charge is 0.327 e. The molecule has 0 N–H and O–H groups in total. The van der Waals surface area contributed by atoms with E-state index in [2.05, 4.69) is 264 Å². The Morgan fingerprint density at radius 1 is 0.453 bits per heavy atom. The predicted octanol–water partition coefficient (Wildman–Crippen LogP) is 17.0. The Kier molecular flexibility index (Phi) is 30.4. The van der Waals surface area contributed by atoms with Crippen molar-refractivity contribution in [2.75, 3.05) is 96.2 Å². The molecule has 534 valence electrons. The number of pyridine rings is 2. The number of likely N-dealkylation sites (tertiary alicyclic amines) is 5. The fraction of sp³-hybridized carbons (Fsp3) is 0.676. The number of rotatable bonds is 11. The monoisotopic (exact) mass is 1430 g/mol. The van der Waals surface area contributed by atoms with Gasteiger partial charge in [-0.25, -0.2) is 4.79 Å². The SMILES string of the molecule is CN(C)C(=O)Cl.CN(C)C(=O)N1C=CC([Si](C)(C)C)C([C@@H]2CCCN2C)=C1.CN1CCC[C@H]1C1=CN([Si](C)(C)C)C=CC1[Si](C)(C)C.CN1CCC[C@H]1C1=CN([Si](C)(C)C)C=CC1[Si](C)(C)C.CN1CCC[C@H]1c1cccnc1.CN1CCC[C@H]1c1cnccc1[Si](C)(C)C. The lowest BCUT2D eigenvalue weighted by Gasteiger charge is -2.41. The van der Waals surface area contributed by atoms with Crippen LogP contribution < -0.4 is 5.19 Å². The van der Waals surface area contributed by atoms with Gasteiger partial charge in [0, 0.05) is 95.6 Å². The quantitative estimate of drug-likeness (QED) is 0.122. The molecule has 2 aromatic rings. The third kappa shape index (κ3) is 23.8. The number of aromatic nitrogens is 2. The minimum absolute atomic E-state index is 0.0263. The molecule has 0 aliphatic carbocycles. The van der Waals surface area contributed by atoms with Crippen molar-refractivity contribution >= 4 is 77.0 Å². The first kappa shape index (κ1) is 82.1. The van der Waals surface area contributed by atoms with Crippen LogP contribution in [0.25, 0.3) is 0 Å². The standard InChI is InChI=1S/C16H29N3OSi.2C16H32N2Si2.C13H22N2Si.C10H14N2.C3H6ClNO/c1-17(2)16(20)19-11-9-15(21(4,5)6)13(12-19)14-8-7-10-18(14)3;2*1-17-11-8-9-15(17)14-13-18(20(5,6)7)12-10-16(14)19(2,3)4;1-15-9-5-6-12(15)11-10-14-8-7-13(11)16(2,3)4;1-12-7-3-5-10(12)9-4-2-6-11-8-9;1-5(2)3(4)6/h9,11-12,14-15H,7-8,10H2,1-6H3;2*10,12-13,15-16H,8-9,11H2,1-7H3;7-8,10,12H,5-6,9H2,1-4H3;2,4,6,8,10H,3,5,7H2,1H3;1-2H3/t14-,15?;2*15-,16?;12-;10-;/m00000./s1. The molecule has 8 atom stereocenters. The molecule has 0 aromatic carbocycles. The lowest BCUT2D eigenvalue weighted by atomic mass is 10.00. The highest BCUT2D eigenvalue weighted by molar-refractivity contribution is 6.89. The van der Waals surface area contributed by atoms with E-state index in [1.165, 1.54) is 112 Å². The topological polar surface area (TPSA) is 92.3 Å². The summed E-state index contributed by atoms with van der Waals surface area (Å²) in [6, 6.07) is 9.51. The van der Waals surface area contributed by atoms with Gasteiger partial charge in [0.25, 0.3) is 0 Å². The Balaban J connectivity index is 0.000000212. The van der Waals surface area contributed by atoms with Crippen LogP contribution in [0.3, 0.4) is 0 Å². The fourth-order valence-electron chi connectivity index (χ4n) is 14.7. The van der Waals surface area contributed by atoms with E-state index in [0.29, 0.717) is 46.8 Å². The van der Waals surface area contributed by atoms with Gasteiger partial charge in [-0.15, -0.1) is 0 Å². The van der Waals surface area contributed by atoms with Gasteiger partial charge in [0.05, 0.1) is 32.3 Å². The van der Waals surface area contributed by atoms with E-state index in [4.69, 9.17) is 11.6 Å². The molecule has 5 fully saturated rings. The molecule has 10 heterocycles. The minimum Gasteiger partial charge on any atom is -0.381 e. The van der Waals surface area contributed by atoms with Crippen LogP contribution in [0.1, 0.15) is 87.4 Å². The van der Waals surface area contributed by atoms with E-state index in [9.17, 15) is 9.59 Å². The lowest BCUT2D eigenvalue weighted by Crippen LogP contribution is -2.44. The van der Waals surface area contributed by atoms with Gasteiger partial charge < -0.3 is 18.9 Å². The van der Waals surface area contributed by atoms with Gasteiger partial charge in [0.1, 0.15) is 0 Å². The number of hydrogen-bond donors (Lipinski definition) is 0. The van der Waals surface area contributed by atoms with Crippen molar-refractivity contribution in [3.63, 3.8) is 0 Å². The molecule has 95 heavy (non-hydrogen) atoms. The number of amides is 3. The largest absolute Gasteiger partial charge is 0.381 e. The first-order valence-corrected chi connectivity index (χ1v) is 57.4. The first-order chi connectivity index (χ1) is 43.9. The number of carbonyl (C=O) groups excluding carboxylic acids is 2. The summed E-state index contributed by atoms with van der Waals surface area (Å²) in [6.45, 7) is 50.2. The molecule has 0 bridgehead atoms. The van der Waals surface area contributed by atoms with E-state index in [0.717, 1.165) is 6.54 Å². The summed E-state index contributed by atoms with van der Waals surface area (Å²) in [5, 5.41) is 1.15. The highest BCUT2D eigenvalue weighted by Crippen LogP contribution is 2.44. The average Bonchev–Trinajstić information content (AvgIpc) is 1.74. The molecule has 3 amide bonds. The molecule has 2 aromatic heterocycles. The third-order valence-electron chi connectivity index (χ3n) is 20.4. The zero-order valence-corrected chi connectivity index (χ0v) is 71.8. The molecular weight excluding hydrogens is 1290 g/mol. The molecule has 0 radical (unpaired) electrons. The number of carbonyl (C=O) groups is 2. The van der Waals surface area contributed by atoms with Crippen molar-refractivity contribution in [1.82, 2.24) is 58.3 Å². The molecule has 3 unspecified atom stereocenters. The van der Waals surface area contributed by atoms with E-state index in [1.807, 2.05) is 30.9 Å². The van der Waals surface area contributed by atoms with Crippen LogP contribution in [0.2, 0.25) is 134 Å². The van der Waals surface area contributed by atoms with Crippen LogP contribution >= 0.6 is 11.6 Å². The maximum Gasteiger partial charge on any atom is 0.327 e. The van der Waals surface area contributed by atoms with Gasteiger partial charge in [0.2, 0.25) is 0 Å². The molecule has 0 saturated carbocycles. The average molecular weight is 1430 g/mol. The maximum atomic E-state index is 12.2. The third-order valence-corrected chi connectivity index (χ3v) is 33.6. The van der Waals surface area contributed by atoms with Gasteiger partial charge in [-0.2, -0.15) is 0 Å². The molecule has 21 heteroatoms. The number of halogens is 1. The van der Waals surface area contributed by atoms with Crippen LogP contribution in [0.15, 0.2) is 115 Å². The lowest BCUT2D eigenvalue weighted by molar-refractivity contribution is 0.199. The summed E-state index contributed by atoms with van der Waals surface area (Å²) in [6.07, 6.45) is 42.1. The van der Waals surface area contributed by atoms with Crippen molar-refractivity contribution in [3.05, 3.63) is 126 Å². The Morgan fingerprint density at radius 3 is 1.11 bits per heavy atom. The summed E-state index contributed by atoms with van der Waals surface area (Å²) in [7, 11) is 10.5. The molecule has 5 saturated heterocycles. The number of allylic oxidation sites excluding steroid dienone is 3. The summed E-state index contributed by atoms with van der Waals surface area (Å²) in [4.78, 5) is 47.7. The first-order valence-electron chi connectivity index (χ1n) is 35.9. The van der Waals surface area contributed by atoms with Crippen molar-refractivity contribution in [3.8, 4) is 0 Å². The summed E-state index contributed by atoms with van der Waals surface area (Å²) >= 11 is 4.90. The van der Waals surface area contributed by atoms with E-state index in [1.54, 1.807) is 54.3 Å².